The first kappa shape index (κ1) is 14.2. The van der Waals surface area contributed by atoms with Crippen LogP contribution in [0.2, 0.25) is 0 Å². The molecule has 0 saturated carbocycles. The third-order valence-corrected chi connectivity index (χ3v) is 3.00. The Morgan fingerprint density at radius 1 is 1.20 bits per heavy atom. The first-order valence-corrected chi connectivity index (χ1v) is 6.89. The molecule has 1 amide bonds. The highest BCUT2D eigenvalue weighted by Gasteiger charge is 2.11. The van der Waals surface area contributed by atoms with E-state index in [0.717, 1.165) is 24.2 Å². The largest absolute Gasteiger partial charge is 0.351 e. The molecule has 2 heterocycles. The van der Waals surface area contributed by atoms with Crippen LogP contribution in [0.15, 0.2) is 18.2 Å². The number of aryl methyl sites for hydroxylation is 2. The van der Waals surface area contributed by atoms with Crippen molar-refractivity contribution in [1.29, 1.82) is 0 Å². The average molecular weight is 273 g/mol. The van der Waals surface area contributed by atoms with Crippen molar-refractivity contribution < 1.29 is 4.79 Å². The Bertz CT molecular complexity index is 588. The molecule has 6 nitrogen and oxygen atoms in total. The van der Waals surface area contributed by atoms with E-state index in [1.807, 2.05) is 6.92 Å². The summed E-state index contributed by atoms with van der Waals surface area (Å²) < 4.78 is 1.79. The van der Waals surface area contributed by atoms with E-state index in [1.54, 1.807) is 16.8 Å². The van der Waals surface area contributed by atoms with Gasteiger partial charge in [-0.15, -0.1) is 10.2 Å². The molecular weight excluding hydrogens is 254 g/mol. The van der Waals surface area contributed by atoms with E-state index < -0.39 is 0 Å². The zero-order valence-corrected chi connectivity index (χ0v) is 12.1. The summed E-state index contributed by atoms with van der Waals surface area (Å²) in [6.45, 7) is 6.57. The lowest BCUT2D eigenvalue weighted by atomic mass is 10.2. The molecule has 0 spiro atoms. The molecule has 0 bridgehead atoms. The molecule has 106 valence electrons. The van der Waals surface area contributed by atoms with E-state index in [9.17, 15) is 4.79 Å². The van der Waals surface area contributed by atoms with Crippen molar-refractivity contribution >= 4 is 5.91 Å². The zero-order valence-electron chi connectivity index (χ0n) is 12.1. The van der Waals surface area contributed by atoms with Gasteiger partial charge >= 0.3 is 0 Å². The average Bonchev–Trinajstić information content (AvgIpc) is 2.91. The molecular formula is C14H19N5O. The van der Waals surface area contributed by atoms with Gasteiger partial charge in [0.2, 0.25) is 0 Å². The van der Waals surface area contributed by atoms with Crippen LogP contribution in [0.1, 0.15) is 42.6 Å². The van der Waals surface area contributed by atoms with Gasteiger partial charge in [-0.3, -0.25) is 4.79 Å². The van der Waals surface area contributed by atoms with Crippen LogP contribution in [-0.4, -0.2) is 32.4 Å². The summed E-state index contributed by atoms with van der Waals surface area (Å²) in [4.78, 5) is 11.6. The van der Waals surface area contributed by atoms with Crippen LogP contribution in [-0.2, 0) is 12.8 Å². The summed E-state index contributed by atoms with van der Waals surface area (Å²) in [6.07, 6.45) is 1.75. The van der Waals surface area contributed by atoms with Gasteiger partial charge < -0.3 is 5.32 Å². The predicted octanol–water partition coefficient (Wildman–Crippen LogP) is 1.54. The molecule has 6 heteroatoms. The summed E-state index contributed by atoms with van der Waals surface area (Å²) >= 11 is 0. The first-order valence-electron chi connectivity index (χ1n) is 6.89. The Labute approximate surface area is 118 Å². The molecule has 2 rings (SSSR count). The summed E-state index contributed by atoms with van der Waals surface area (Å²) in [7, 11) is 0. The highest BCUT2D eigenvalue weighted by molar-refractivity contribution is 5.92. The van der Waals surface area contributed by atoms with Gasteiger partial charge in [0.25, 0.3) is 5.91 Å². The van der Waals surface area contributed by atoms with Crippen molar-refractivity contribution in [1.82, 2.24) is 25.3 Å². The van der Waals surface area contributed by atoms with Gasteiger partial charge in [-0.05, 0) is 38.0 Å². The van der Waals surface area contributed by atoms with Crippen molar-refractivity contribution in [2.45, 2.75) is 33.6 Å². The van der Waals surface area contributed by atoms with Gasteiger partial charge in [0, 0.05) is 12.2 Å². The first-order chi connectivity index (χ1) is 9.69. The molecule has 0 atom stereocenters. The SMILES string of the molecule is CCNC(=O)c1ccc(-n2nc(CC)cc2CC)nn1. The number of carbonyl (C=O) groups excluding carboxylic acids is 1. The van der Waals surface area contributed by atoms with Crippen molar-refractivity contribution in [3.05, 3.63) is 35.3 Å². The molecule has 0 saturated heterocycles. The summed E-state index contributed by atoms with van der Waals surface area (Å²) in [6, 6.07) is 5.50. The second kappa shape index (κ2) is 6.27. The maximum atomic E-state index is 11.6. The normalized spacial score (nSPS) is 10.6. The van der Waals surface area contributed by atoms with Crippen LogP contribution in [0.5, 0.6) is 0 Å². The van der Waals surface area contributed by atoms with E-state index in [0.29, 0.717) is 18.1 Å². The van der Waals surface area contributed by atoms with Crippen LogP contribution in [0.4, 0.5) is 0 Å². The van der Waals surface area contributed by atoms with Crippen molar-refractivity contribution in [3.63, 3.8) is 0 Å². The molecule has 0 aliphatic carbocycles. The molecule has 0 fully saturated rings. The van der Waals surface area contributed by atoms with Crippen molar-refractivity contribution in [3.8, 4) is 5.82 Å². The molecule has 0 aliphatic rings. The minimum atomic E-state index is -0.211. The molecule has 0 aromatic carbocycles. The fraction of sp³-hybridized carbons (Fsp3) is 0.429. The Hall–Kier alpha value is -2.24. The number of nitrogens with zero attached hydrogens (tertiary/aromatic N) is 4. The summed E-state index contributed by atoms with van der Waals surface area (Å²) in [5, 5.41) is 15.2. The monoisotopic (exact) mass is 273 g/mol. The lowest BCUT2D eigenvalue weighted by Crippen LogP contribution is -2.24. The number of carbonyl (C=O) groups is 1. The molecule has 0 unspecified atom stereocenters. The second-order valence-electron chi connectivity index (χ2n) is 4.38. The molecule has 2 aromatic heterocycles. The van der Waals surface area contributed by atoms with Crippen molar-refractivity contribution in [2.24, 2.45) is 0 Å². The second-order valence-corrected chi connectivity index (χ2v) is 4.38. The fourth-order valence-electron chi connectivity index (χ4n) is 1.91. The summed E-state index contributed by atoms with van der Waals surface area (Å²) in [5.74, 6) is 0.423. The van der Waals surface area contributed by atoms with E-state index in [-0.39, 0.29) is 5.91 Å². The smallest absolute Gasteiger partial charge is 0.271 e. The Kier molecular flexibility index (Phi) is 4.45. The van der Waals surface area contributed by atoms with E-state index >= 15 is 0 Å². The number of hydrogen-bond acceptors (Lipinski definition) is 4. The van der Waals surface area contributed by atoms with Gasteiger partial charge in [0.15, 0.2) is 11.5 Å². The lowest BCUT2D eigenvalue weighted by molar-refractivity contribution is 0.0950. The van der Waals surface area contributed by atoms with Crippen molar-refractivity contribution in [2.75, 3.05) is 6.54 Å². The van der Waals surface area contributed by atoms with Gasteiger partial charge in [0.1, 0.15) is 0 Å². The highest BCUT2D eigenvalue weighted by Crippen LogP contribution is 2.11. The Morgan fingerprint density at radius 3 is 2.55 bits per heavy atom. The van der Waals surface area contributed by atoms with Crippen LogP contribution in [0.25, 0.3) is 5.82 Å². The number of rotatable bonds is 5. The molecule has 0 aliphatic heterocycles. The van der Waals surface area contributed by atoms with Gasteiger partial charge in [-0.25, -0.2) is 4.68 Å². The Balaban J connectivity index is 2.30. The third-order valence-electron chi connectivity index (χ3n) is 3.00. The maximum Gasteiger partial charge on any atom is 0.271 e. The van der Waals surface area contributed by atoms with E-state index in [4.69, 9.17) is 0 Å². The van der Waals surface area contributed by atoms with Gasteiger partial charge in [-0.2, -0.15) is 5.10 Å². The highest BCUT2D eigenvalue weighted by atomic mass is 16.1. The minimum Gasteiger partial charge on any atom is -0.351 e. The number of nitrogens with one attached hydrogen (secondary N) is 1. The maximum absolute atomic E-state index is 11.6. The molecule has 2 aromatic rings. The van der Waals surface area contributed by atoms with E-state index in [1.165, 1.54) is 0 Å². The third kappa shape index (κ3) is 2.84. The van der Waals surface area contributed by atoms with Crippen LogP contribution in [0.3, 0.4) is 0 Å². The number of aromatic nitrogens is 4. The fourth-order valence-corrected chi connectivity index (χ4v) is 1.91. The lowest BCUT2D eigenvalue weighted by Gasteiger charge is -2.05. The van der Waals surface area contributed by atoms with E-state index in [2.05, 4.69) is 40.5 Å². The molecule has 20 heavy (non-hydrogen) atoms. The van der Waals surface area contributed by atoms with Crippen LogP contribution < -0.4 is 5.32 Å². The molecule has 1 N–H and O–H groups in total. The van der Waals surface area contributed by atoms with Gasteiger partial charge in [0.05, 0.1) is 5.69 Å². The topological polar surface area (TPSA) is 72.7 Å². The summed E-state index contributed by atoms with van der Waals surface area (Å²) in [5.41, 5.74) is 2.43. The zero-order chi connectivity index (χ0) is 14.5. The molecule has 0 radical (unpaired) electrons. The predicted molar refractivity (Wildman–Crippen MR) is 75.9 cm³/mol. The minimum absolute atomic E-state index is 0.211. The van der Waals surface area contributed by atoms with Gasteiger partial charge in [-0.1, -0.05) is 13.8 Å². The van der Waals surface area contributed by atoms with Crippen LogP contribution in [0, 0.1) is 0 Å². The number of amides is 1. The Morgan fingerprint density at radius 2 is 2.00 bits per heavy atom. The quantitative estimate of drug-likeness (QED) is 0.896. The van der Waals surface area contributed by atoms with Crippen LogP contribution >= 0.6 is 0 Å². The number of hydrogen-bond donors (Lipinski definition) is 1. The standard InChI is InChI=1S/C14H19N5O/c1-4-10-9-11(5-2)19(18-10)13-8-7-12(16-17-13)14(20)15-6-3/h7-9H,4-6H2,1-3H3,(H,15,20).